The molecule has 0 fully saturated rings. The zero-order valence-electron chi connectivity index (χ0n) is 14.5. The second-order valence-corrected chi connectivity index (χ2v) is 6.58. The van der Waals surface area contributed by atoms with Gasteiger partial charge in [-0.05, 0) is 19.4 Å². The molecule has 7 heteroatoms. The molecule has 7 nitrogen and oxygen atoms in total. The Morgan fingerprint density at radius 1 is 1.19 bits per heavy atom. The fourth-order valence-corrected chi connectivity index (χ4v) is 3.39. The molecule has 0 amide bonds. The maximum atomic E-state index is 12.7. The fraction of sp³-hybridized carbons (Fsp3) is 0.211. The largest absolute Gasteiger partial charge is 0.326 e. The SMILES string of the molecule is Cc1ncc(C)n2nc(CC(=O)c3cn4c(n3)-c3ccccc3C4)nc12. The van der Waals surface area contributed by atoms with E-state index in [-0.39, 0.29) is 12.2 Å². The summed E-state index contributed by atoms with van der Waals surface area (Å²) in [5, 5.41) is 4.45. The van der Waals surface area contributed by atoms with Crippen LogP contribution in [0, 0.1) is 13.8 Å². The summed E-state index contributed by atoms with van der Waals surface area (Å²) in [6.45, 7) is 4.55. The predicted molar refractivity (Wildman–Crippen MR) is 95.1 cm³/mol. The topological polar surface area (TPSA) is 78.0 Å². The van der Waals surface area contributed by atoms with Crippen molar-refractivity contribution in [3.8, 4) is 11.4 Å². The lowest BCUT2D eigenvalue weighted by Crippen LogP contribution is -2.06. The summed E-state index contributed by atoms with van der Waals surface area (Å²) in [5.74, 6) is 1.26. The molecule has 4 heterocycles. The van der Waals surface area contributed by atoms with Crippen molar-refractivity contribution >= 4 is 11.4 Å². The standard InChI is InChI=1S/C19H16N6O/c1-11-8-20-12(2)18-22-17(23-25(11)18)7-16(26)15-10-24-9-13-5-3-4-6-14(13)19(24)21-15/h3-6,8,10H,7,9H2,1-2H3. The third-order valence-corrected chi connectivity index (χ3v) is 4.73. The summed E-state index contributed by atoms with van der Waals surface area (Å²) in [6.07, 6.45) is 3.70. The molecule has 0 spiro atoms. The Labute approximate surface area is 149 Å². The van der Waals surface area contributed by atoms with Crippen molar-refractivity contribution in [1.29, 1.82) is 0 Å². The minimum Gasteiger partial charge on any atom is -0.326 e. The quantitative estimate of drug-likeness (QED) is 0.470. The molecule has 0 saturated carbocycles. The summed E-state index contributed by atoms with van der Waals surface area (Å²) < 4.78 is 3.75. The summed E-state index contributed by atoms with van der Waals surface area (Å²) in [5.41, 5.74) is 5.15. The maximum absolute atomic E-state index is 12.7. The van der Waals surface area contributed by atoms with E-state index in [0.29, 0.717) is 17.2 Å². The Hall–Kier alpha value is -3.35. The fourth-order valence-electron chi connectivity index (χ4n) is 3.39. The normalized spacial score (nSPS) is 12.4. The van der Waals surface area contributed by atoms with Crippen molar-refractivity contribution in [2.24, 2.45) is 0 Å². The number of Topliss-reactive ketones (excluding diaryl/α,β-unsaturated/α-hetero) is 1. The number of carbonyl (C=O) groups is 1. The van der Waals surface area contributed by atoms with Crippen LogP contribution in [0.4, 0.5) is 0 Å². The monoisotopic (exact) mass is 344 g/mol. The van der Waals surface area contributed by atoms with Crippen LogP contribution < -0.4 is 0 Å². The van der Waals surface area contributed by atoms with Gasteiger partial charge in [0.1, 0.15) is 11.5 Å². The molecule has 5 rings (SSSR count). The number of nitrogens with zero attached hydrogens (tertiary/aromatic N) is 6. The van der Waals surface area contributed by atoms with Crippen LogP contribution in [0.3, 0.4) is 0 Å². The first-order valence-electron chi connectivity index (χ1n) is 8.46. The van der Waals surface area contributed by atoms with Crippen molar-refractivity contribution in [3.05, 3.63) is 65.1 Å². The predicted octanol–water partition coefficient (Wildman–Crippen LogP) is 2.39. The van der Waals surface area contributed by atoms with Crippen LogP contribution in [0.1, 0.15) is 33.3 Å². The Morgan fingerprint density at radius 3 is 2.88 bits per heavy atom. The number of hydrogen-bond acceptors (Lipinski definition) is 5. The number of fused-ring (bicyclic) bond motifs is 4. The molecule has 128 valence electrons. The van der Waals surface area contributed by atoms with Gasteiger partial charge in [-0.15, -0.1) is 0 Å². The van der Waals surface area contributed by atoms with Gasteiger partial charge in [0.2, 0.25) is 0 Å². The van der Waals surface area contributed by atoms with Crippen LogP contribution in [0.2, 0.25) is 0 Å². The molecule has 0 unspecified atom stereocenters. The molecule has 0 saturated heterocycles. The summed E-state index contributed by atoms with van der Waals surface area (Å²) in [4.78, 5) is 26.0. The molecule has 26 heavy (non-hydrogen) atoms. The number of carbonyl (C=O) groups excluding carboxylic acids is 1. The van der Waals surface area contributed by atoms with E-state index in [4.69, 9.17) is 0 Å². The highest BCUT2D eigenvalue weighted by Crippen LogP contribution is 2.30. The van der Waals surface area contributed by atoms with E-state index in [1.807, 2.05) is 42.8 Å². The lowest BCUT2D eigenvalue weighted by molar-refractivity contribution is 0.0986. The number of hydrogen-bond donors (Lipinski definition) is 0. The molecule has 3 aromatic heterocycles. The minimum absolute atomic E-state index is 0.0800. The van der Waals surface area contributed by atoms with Gasteiger partial charge in [0, 0.05) is 24.5 Å². The number of imidazole rings is 1. The van der Waals surface area contributed by atoms with E-state index in [0.717, 1.165) is 29.3 Å². The van der Waals surface area contributed by atoms with Crippen molar-refractivity contribution < 1.29 is 4.79 Å². The van der Waals surface area contributed by atoms with Gasteiger partial charge in [0.15, 0.2) is 17.3 Å². The number of aryl methyl sites for hydroxylation is 2. The summed E-state index contributed by atoms with van der Waals surface area (Å²) in [6, 6.07) is 8.14. The van der Waals surface area contributed by atoms with E-state index >= 15 is 0 Å². The van der Waals surface area contributed by atoms with Crippen LogP contribution in [-0.2, 0) is 13.0 Å². The van der Waals surface area contributed by atoms with Crippen LogP contribution in [0.5, 0.6) is 0 Å². The van der Waals surface area contributed by atoms with E-state index in [2.05, 4.69) is 26.1 Å². The summed E-state index contributed by atoms with van der Waals surface area (Å²) >= 11 is 0. The van der Waals surface area contributed by atoms with Crippen molar-refractivity contribution in [2.75, 3.05) is 0 Å². The summed E-state index contributed by atoms with van der Waals surface area (Å²) in [7, 11) is 0. The second kappa shape index (κ2) is 5.32. The van der Waals surface area contributed by atoms with Gasteiger partial charge in [-0.1, -0.05) is 24.3 Å². The lowest BCUT2D eigenvalue weighted by Gasteiger charge is -1.97. The molecule has 0 aliphatic carbocycles. The van der Waals surface area contributed by atoms with Gasteiger partial charge < -0.3 is 4.57 Å². The highest BCUT2D eigenvalue weighted by molar-refractivity contribution is 5.96. The average Bonchev–Trinajstić information content (AvgIpc) is 3.30. The Balaban J connectivity index is 1.46. The number of ketones is 1. The van der Waals surface area contributed by atoms with Gasteiger partial charge in [-0.3, -0.25) is 9.78 Å². The second-order valence-electron chi connectivity index (χ2n) is 6.58. The molecule has 1 aliphatic heterocycles. The molecule has 1 aliphatic rings. The Bertz CT molecular complexity index is 1150. The van der Waals surface area contributed by atoms with Gasteiger partial charge in [-0.25, -0.2) is 14.5 Å². The van der Waals surface area contributed by atoms with Crippen molar-refractivity contribution in [3.63, 3.8) is 0 Å². The third-order valence-electron chi connectivity index (χ3n) is 4.73. The maximum Gasteiger partial charge on any atom is 0.190 e. The molecule has 1 aromatic carbocycles. The van der Waals surface area contributed by atoms with Gasteiger partial charge in [0.05, 0.1) is 17.8 Å². The average molecular weight is 344 g/mol. The Morgan fingerprint density at radius 2 is 2.04 bits per heavy atom. The van der Waals surface area contributed by atoms with E-state index < -0.39 is 0 Å². The molecule has 0 atom stereocenters. The third kappa shape index (κ3) is 2.17. The van der Waals surface area contributed by atoms with Crippen LogP contribution in [0.25, 0.3) is 17.0 Å². The molecule has 4 aromatic rings. The van der Waals surface area contributed by atoms with E-state index in [1.54, 1.807) is 10.7 Å². The van der Waals surface area contributed by atoms with Crippen molar-refractivity contribution in [2.45, 2.75) is 26.8 Å². The highest BCUT2D eigenvalue weighted by atomic mass is 16.1. The van der Waals surface area contributed by atoms with Crippen LogP contribution >= 0.6 is 0 Å². The van der Waals surface area contributed by atoms with Gasteiger partial charge in [0.25, 0.3) is 0 Å². The van der Waals surface area contributed by atoms with E-state index in [1.165, 1.54) is 5.56 Å². The zero-order valence-corrected chi connectivity index (χ0v) is 14.5. The smallest absolute Gasteiger partial charge is 0.190 e. The molecular formula is C19H16N6O. The highest BCUT2D eigenvalue weighted by Gasteiger charge is 2.23. The minimum atomic E-state index is -0.0800. The molecule has 0 bridgehead atoms. The molecular weight excluding hydrogens is 328 g/mol. The van der Waals surface area contributed by atoms with Crippen LogP contribution in [0.15, 0.2) is 36.7 Å². The first-order chi connectivity index (χ1) is 12.6. The zero-order chi connectivity index (χ0) is 17.8. The van der Waals surface area contributed by atoms with E-state index in [9.17, 15) is 4.79 Å². The number of benzene rings is 1. The van der Waals surface area contributed by atoms with Gasteiger partial charge >= 0.3 is 0 Å². The molecule has 0 radical (unpaired) electrons. The number of rotatable bonds is 3. The Kier molecular flexibility index (Phi) is 3.06. The first-order valence-corrected chi connectivity index (χ1v) is 8.46. The first kappa shape index (κ1) is 14.9. The number of aromatic nitrogens is 6. The van der Waals surface area contributed by atoms with Crippen LogP contribution in [-0.4, -0.2) is 34.9 Å². The molecule has 0 N–H and O–H groups in total. The lowest BCUT2D eigenvalue weighted by atomic mass is 10.1. The van der Waals surface area contributed by atoms with Crippen molar-refractivity contribution in [1.82, 2.24) is 29.1 Å². The van der Waals surface area contributed by atoms with Gasteiger partial charge in [-0.2, -0.15) is 5.10 Å².